The van der Waals surface area contributed by atoms with Gasteiger partial charge in [-0.05, 0) is 62.9 Å². The van der Waals surface area contributed by atoms with E-state index >= 15 is 0 Å². The van der Waals surface area contributed by atoms with Crippen LogP contribution in [0.4, 0.5) is 11.4 Å². The third-order valence-corrected chi connectivity index (χ3v) is 6.57. The molecule has 1 fully saturated rings. The Hall–Kier alpha value is -2.34. The predicted octanol–water partition coefficient (Wildman–Crippen LogP) is 3.79. The molecule has 0 aliphatic carbocycles. The maximum absolute atomic E-state index is 12.7. The van der Waals surface area contributed by atoms with Gasteiger partial charge in [0.15, 0.2) is 0 Å². The van der Waals surface area contributed by atoms with E-state index in [2.05, 4.69) is 5.32 Å². The second-order valence-corrected chi connectivity index (χ2v) is 8.88. The summed E-state index contributed by atoms with van der Waals surface area (Å²) >= 11 is 0. The van der Waals surface area contributed by atoms with Crippen molar-refractivity contribution >= 4 is 27.3 Å². The zero-order valence-corrected chi connectivity index (χ0v) is 16.2. The molecule has 1 amide bonds. The number of hydrogen-bond acceptors (Lipinski definition) is 3. The van der Waals surface area contributed by atoms with Gasteiger partial charge < -0.3 is 5.32 Å². The van der Waals surface area contributed by atoms with Gasteiger partial charge in [-0.3, -0.25) is 9.10 Å². The van der Waals surface area contributed by atoms with Crippen molar-refractivity contribution in [1.82, 2.24) is 0 Å². The molecule has 1 heterocycles. The number of carbonyl (C=O) groups is 1. The van der Waals surface area contributed by atoms with Crippen molar-refractivity contribution < 1.29 is 13.2 Å². The summed E-state index contributed by atoms with van der Waals surface area (Å²) in [7, 11) is -3.31. The summed E-state index contributed by atoms with van der Waals surface area (Å²) in [5.74, 6) is -0.0848. The Morgan fingerprint density at radius 2 is 1.77 bits per heavy atom. The molecule has 5 nitrogen and oxygen atoms in total. The van der Waals surface area contributed by atoms with Crippen LogP contribution in [-0.2, 0) is 10.0 Å². The summed E-state index contributed by atoms with van der Waals surface area (Å²) in [6.07, 6.45) is 1.52. The van der Waals surface area contributed by atoms with E-state index in [0.29, 0.717) is 24.2 Å². The smallest absolute Gasteiger partial charge is 0.255 e. The Morgan fingerprint density at radius 3 is 2.46 bits per heavy atom. The monoisotopic (exact) mass is 372 g/mol. The first kappa shape index (κ1) is 18.5. The van der Waals surface area contributed by atoms with E-state index in [1.165, 1.54) is 4.31 Å². The molecule has 1 N–H and O–H groups in total. The third-order valence-electron chi connectivity index (χ3n) is 4.72. The fraction of sp³-hybridized carbons (Fsp3) is 0.350. The molecule has 6 heteroatoms. The third kappa shape index (κ3) is 3.75. The highest BCUT2D eigenvalue weighted by atomic mass is 32.2. The normalized spacial score (nSPS) is 16.3. The fourth-order valence-electron chi connectivity index (χ4n) is 3.23. The average molecular weight is 372 g/mol. The van der Waals surface area contributed by atoms with Crippen LogP contribution in [-0.4, -0.2) is 26.6 Å². The van der Waals surface area contributed by atoms with Gasteiger partial charge in [0.2, 0.25) is 10.0 Å². The topological polar surface area (TPSA) is 66.5 Å². The zero-order chi connectivity index (χ0) is 18.9. The van der Waals surface area contributed by atoms with Crippen LogP contribution in [0.2, 0.25) is 0 Å². The minimum absolute atomic E-state index is 0.158. The Morgan fingerprint density at radius 1 is 1.00 bits per heavy atom. The lowest BCUT2D eigenvalue weighted by atomic mass is 10.1. The highest BCUT2D eigenvalue weighted by molar-refractivity contribution is 7.92. The van der Waals surface area contributed by atoms with Gasteiger partial charge in [0.25, 0.3) is 5.91 Å². The van der Waals surface area contributed by atoms with Crippen molar-refractivity contribution in [2.75, 3.05) is 21.9 Å². The van der Waals surface area contributed by atoms with E-state index in [4.69, 9.17) is 0 Å². The van der Waals surface area contributed by atoms with Crippen LogP contribution in [0, 0.1) is 20.8 Å². The first-order valence-electron chi connectivity index (χ1n) is 8.77. The second kappa shape index (κ2) is 7.11. The van der Waals surface area contributed by atoms with E-state index < -0.39 is 10.0 Å². The molecule has 2 aromatic carbocycles. The number of amides is 1. The molecule has 0 unspecified atom stereocenters. The minimum Gasteiger partial charge on any atom is -0.322 e. The van der Waals surface area contributed by atoms with Crippen molar-refractivity contribution in [3.63, 3.8) is 0 Å². The average Bonchev–Trinajstić information content (AvgIpc) is 2.58. The van der Waals surface area contributed by atoms with Crippen molar-refractivity contribution in [1.29, 1.82) is 0 Å². The Balaban J connectivity index is 1.90. The number of rotatable bonds is 3. The van der Waals surface area contributed by atoms with Crippen molar-refractivity contribution in [2.45, 2.75) is 33.6 Å². The summed E-state index contributed by atoms with van der Waals surface area (Å²) in [6, 6.07) is 11.1. The zero-order valence-electron chi connectivity index (χ0n) is 15.4. The first-order chi connectivity index (χ1) is 12.3. The van der Waals surface area contributed by atoms with Gasteiger partial charge in [-0.25, -0.2) is 8.42 Å². The van der Waals surface area contributed by atoms with Gasteiger partial charge in [0.05, 0.1) is 11.4 Å². The molecule has 1 saturated heterocycles. The molecule has 2 aromatic rings. The number of carbonyl (C=O) groups excluding carboxylic acids is 1. The highest BCUT2D eigenvalue weighted by Crippen LogP contribution is 2.28. The molecule has 1 aliphatic rings. The molecule has 0 aromatic heterocycles. The maximum atomic E-state index is 12.7. The van der Waals surface area contributed by atoms with Crippen molar-refractivity contribution in [2.24, 2.45) is 0 Å². The number of nitrogens with zero attached hydrogens (tertiary/aromatic N) is 1. The van der Waals surface area contributed by atoms with E-state index in [1.54, 1.807) is 18.2 Å². The van der Waals surface area contributed by atoms with Crippen LogP contribution in [0.1, 0.15) is 39.9 Å². The lowest BCUT2D eigenvalue weighted by Crippen LogP contribution is -2.38. The molecule has 26 heavy (non-hydrogen) atoms. The molecule has 0 bridgehead atoms. The van der Waals surface area contributed by atoms with Gasteiger partial charge in [0.1, 0.15) is 0 Å². The van der Waals surface area contributed by atoms with E-state index in [0.717, 1.165) is 28.8 Å². The molecular weight excluding hydrogens is 348 g/mol. The van der Waals surface area contributed by atoms with Crippen LogP contribution in [0.15, 0.2) is 36.4 Å². The van der Waals surface area contributed by atoms with Gasteiger partial charge in [-0.1, -0.05) is 23.8 Å². The number of benzene rings is 2. The van der Waals surface area contributed by atoms with Crippen LogP contribution in [0.3, 0.4) is 0 Å². The lowest BCUT2D eigenvalue weighted by molar-refractivity contribution is 0.102. The molecule has 0 saturated carbocycles. The van der Waals surface area contributed by atoms with E-state index in [1.807, 2.05) is 39.0 Å². The molecule has 1 aliphatic heterocycles. The summed E-state index contributed by atoms with van der Waals surface area (Å²) < 4.78 is 26.3. The molecule has 3 rings (SSSR count). The maximum Gasteiger partial charge on any atom is 0.255 e. The van der Waals surface area contributed by atoms with Crippen LogP contribution >= 0.6 is 0 Å². The van der Waals surface area contributed by atoms with E-state index in [-0.39, 0.29) is 11.7 Å². The number of aryl methyl sites for hydroxylation is 3. The number of anilines is 2. The summed E-state index contributed by atoms with van der Waals surface area (Å²) in [4.78, 5) is 12.7. The summed E-state index contributed by atoms with van der Waals surface area (Å²) in [5, 5.41) is 2.92. The van der Waals surface area contributed by atoms with Crippen LogP contribution in [0.25, 0.3) is 0 Å². The highest BCUT2D eigenvalue weighted by Gasteiger charge is 2.27. The Kier molecular flexibility index (Phi) is 5.05. The van der Waals surface area contributed by atoms with Gasteiger partial charge in [-0.15, -0.1) is 0 Å². The predicted molar refractivity (Wildman–Crippen MR) is 105 cm³/mol. The molecule has 0 spiro atoms. The first-order valence-corrected chi connectivity index (χ1v) is 10.4. The second-order valence-electron chi connectivity index (χ2n) is 6.87. The van der Waals surface area contributed by atoms with E-state index in [9.17, 15) is 13.2 Å². The summed E-state index contributed by atoms with van der Waals surface area (Å²) in [6.45, 7) is 6.28. The molecule has 138 valence electrons. The SMILES string of the molecule is Cc1ccc(NC(=O)c2ccc(C)c(N3CCCCS3(=O)=O)c2)c(C)c1. The Labute approximate surface area is 155 Å². The van der Waals surface area contributed by atoms with Gasteiger partial charge in [-0.2, -0.15) is 0 Å². The molecular formula is C20H24N2O3S. The van der Waals surface area contributed by atoms with Crippen molar-refractivity contribution in [3.8, 4) is 0 Å². The fourth-order valence-corrected chi connectivity index (χ4v) is 4.92. The summed E-state index contributed by atoms with van der Waals surface area (Å²) in [5.41, 5.74) is 4.77. The van der Waals surface area contributed by atoms with Crippen LogP contribution in [0.5, 0.6) is 0 Å². The van der Waals surface area contributed by atoms with Crippen molar-refractivity contribution in [3.05, 3.63) is 58.7 Å². The van der Waals surface area contributed by atoms with Crippen LogP contribution < -0.4 is 9.62 Å². The van der Waals surface area contributed by atoms with Gasteiger partial charge >= 0.3 is 0 Å². The number of sulfonamides is 1. The van der Waals surface area contributed by atoms with Gasteiger partial charge in [0, 0.05) is 17.8 Å². The standard InChI is InChI=1S/C20H24N2O3S/c1-14-6-9-18(16(3)12-14)21-20(23)17-8-7-15(2)19(13-17)22-10-4-5-11-26(22,24)25/h6-9,12-13H,4-5,10-11H2,1-3H3,(H,21,23). The number of nitrogens with one attached hydrogen (secondary N) is 1. The number of hydrogen-bond donors (Lipinski definition) is 1. The Bertz CT molecular complexity index is 952. The lowest BCUT2D eigenvalue weighted by Gasteiger charge is -2.29. The largest absolute Gasteiger partial charge is 0.322 e. The molecule has 0 radical (unpaired) electrons. The quantitative estimate of drug-likeness (QED) is 0.891. The minimum atomic E-state index is -3.31. The molecule has 0 atom stereocenters.